The molecule has 0 amide bonds. The molecule has 5 heteroatoms. The minimum Gasteiger partial charge on any atom is -0.462 e. The number of carbonyl (C=O) groups is 2. The number of rotatable bonds is 6. The molecule has 0 N–H and O–H groups in total. The summed E-state index contributed by atoms with van der Waals surface area (Å²) in [4.78, 5) is 24.3. The molecule has 0 aliphatic rings. The van der Waals surface area contributed by atoms with Crippen LogP contribution >= 0.6 is 22.6 Å². The zero-order valence-corrected chi connectivity index (χ0v) is 14.9. The van der Waals surface area contributed by atoms with E-state index >= 15 is 0 Å². The molecule has 0 atom stereocenters. The molecule has 0 aliphatic heterocycles. The number of ether oxygens (including phenoxy) is 2. The van der Waals surface area contributed by atoms with E-state index in [9.17, 15) is 9.59 Å². The summed E-state index contributed by atoms with van der Waals surface area (Å²) in [6.45, 7) is 2.40. The fraction of sp³-hybridized carbons (Fsp3) is 0.222. The zero-order chi connectivity index (χ0) is 16.7. The molecule has 0 saturated heterocycles. The molecule has 0 aromatic heterocycles. The highest BCUT2D eigenvalue weighted by Gasteiger charge is 2.18. The minimum atomic E-state index is -0.534. The van der Waals surface area contributed by atoms with E-state index in [1.165, 1.54) is 0 Å². The summed E-state index contributed by atoms with van der Waals surface area (Å²) < 4.78 is 11.5. The SMILES string of the molecule is CCCOC(=O)c1ccccc1C(=O)OCc1cccc(I)c1. The van der Waals surface area contributed by atoms with Gasteiger partial charge in [-0.25, -0.2) is 9.59 Å². The van der Waals surface area contributed by atoms with Gasteiger partial charge in [0.1, 0.15) is 6.61 Å². The molecule has 0 heterocycles. The van der Waals surface area contributed by atoms with Crippen molar-refractivity contribution in [2.75, 3.05) is 6.61 Å². The maximum absolute atomic E-state index is 12.3. The van der Waals surface area contributed by atoms with Crippen LogP contribution in [0.4, 0.5) is 0 Å². The number of benzene rings is 2. The van der Waals surface area contributed by atoms with Crippen molar-refractivity contribution in [2.45, 2.75) is 20.0 Å². The molecule has 0 fully saturated rings. The smallest absolute Gasteiger partial charge is 0.339 e. The largest absolute Gasteiger partial charge is 0.462 e. The minimum absolute atomic E-state index is 0.161. The Kier molecular flexibility index (Phi) is 6.58. The Morgan fingerprint density at radius 3 is 2.22 bits per heavy atom. The predicted octanol–water partition coefficient (Wildman–Crippen LogP) is 4.22. The van der Waals surface area contributed by atoms with Gasteiger partial charge in [-0.3, -0.25) is 0 Å². The molecular weight excluding hydrogens is 407 g/mol. The van der Waals surface area contributed by atoms with E-state index in [1.807, 2.05) is 31.2 Å². The van der Waals surface area contributed by atoms with E-state index < -0.39 is 11.9 Å². The van der Waals surface area contributed by atoms with Crippen LogP contribution in [0.3, 0.4) is 0 Å². The lowest BCUT2D eigenvalue weighted by Crippen LogP contribution is -2.14. The summed E-state index contributed by atoms with van der Waals surface area (Å²) in [5.74, 6) is -1.04. The quantitative estimate of drug-likeness (QED) is 0.515. The molecule has 0 bridgehead atoms. The van der Waals surface area contributed by atoms with Crippen molar-refractivity contribution in [3.8, 4) is 0 Å². The van der Waals surface area contributed by atoms with Crippen molar-refractivity contribution in [1.82, 2.24) is 0 Å². The van der Waals surface area contributed by atoms with Gasteiger partial charge in [-0.05, 0) is 58.8 Å². The van der Waals surface area contributed by atoms with E-state index in [2.05, 4.69) is 22.6 Å². The van der Waals surface area contributed by atoms with Crippen LogP contribution in [-0.2, 0) is 16.1 Å². The van der Waals surface area contributed by atoms with Gasteiger partial charge in [0.2, 0.25) is 0 Å². The van der Waals surface area contributed by atoms with Crippen LogP contribution in [0.5, 0.6) is 0 Å². The molecule has 2 aromatic rings. The van der Waals surface area contributed by atoms with Crippen LogP contribution in [0, 0.1) is 3.57 Å². The van der Waals surface area contributed by atoms with Crippen LogP contribution in [-0.4, -0.2) is 18.5 Å². The van der Waals surface area contributed by atoms with Gasteiger partial charge in [0.05, 0.1) is 17.7 Å². The highest BCUT2D eigenvalue weighted by Crippen LogP contribution is 2.14. The first kappa shape index (κ1) is 17.5. The predicted molar refractivity (Wildman–Crippen MR) is 95.3 cm³/mol. The molecule has 23 heavy (non-hydrogen) atoms. The second kappa shape index (κ2) is 8.67. The molecule has 0 saturated carbocycles. The molecule has 120 valence electrons. The standard InChI is InChI=1S/C18H17IO4/c1-2-10-22-17(20)15-8-3-4-9-16(15)18(21)23-12-13-6-5-7-14(19)11-13/h3-9,11H,2,10,12H2,1H3. The average Bonchev–Trinajstić information content (AvgIpc) is 2.57. The maximum atomic E-state index is 12.3. The van der Waals surface area contributed by atoms with Gasteiger partial charge in [0, 0.05) is 3.57 Å². The van der Waals surface area contributed by atoms with Crippen LogP contribution < -0.4 is 0 Å². The number of hydrogen-bond donors (Lipinski definition) is 0. The van der Waals surface area contributed by atoms with Gasteiger partial charge < -0.3 is 9.47 Å². The Hall–Kier alpha value is -1.89. The van der Waals surface area contributed by atoms with Crippen LogP contribution in [0.25, 0.3) is 0 Å². The molecule has 0 radical (unpaired) electrons. The number of halogens is 1. The van der Waals surface area contributed by atoms with Gasteiger partial charge in [0.15, 0.2) is 0 Å². The summed E-state index contributed by atoms with van der Waals surface area (Å²) in [6, 6.07) is 14.2. The molecular formula is C18H17IO4. The van der Waals surface area contributed by atoms with Gasteiger partial charge in [-0.2, -0.15) is 0 Å². The molecule has 0 spiro atoms. The van der Waals surface area contributed by atoms with Crippen LogP contribution in [0.1, 0.15) is 39.6 Å². The van der Waals surface area contributed by atoms with Crippen molar-refractivity contribution >= 4 is 34.5 Å². The summed E-state index contributed by atoms with van der Waals surface area (Å²) in [5.41, 5.74) is 1.35. The van der Waals surface area contributed by atoms with E-state index in [0.717, 1.165) is 15.6 Å². The van der Waals surface area contributed by atoms with Gasteiger partial charge in [-0.1, -0.05) is 31.2 Å². The van der Waals surface area contributed by atoms with Gasteiger partial charge >= 0.3 is 11.9 Å². The van der Waals surface area contributed by atoms with E-state index in [-0.39, 0.29) is 17.7 Å². The Morgan fingerprint density at radius 2 is 1.61 bits per heavy atom. The van der Waals surface area contributed by atoms with Crippen molar-refractivity contribution < 1.29 is 19.1 Å². The zero-order valence-electron chi connectivity index (χ0n) is 12.8. The highest BCUT2D eigenvalue weighted by atomic mass is 127. The Balaban J connectivity index is 2.08. The third kappa shape index (κ3) is 5.06. The normalized spacial score (nSPS) is 10.2. The third-order valence-corrected chi connectivity index (χ3v) is 3.73. The topological polar surface area (TPSA) is 52.6 Å². The van der Waals surface area contributed by atoms with Gasteiger partial charge in [-0.15, -0.1) is 0 Å². The second-order valence-electron chi connectivity index (χ2n) is 4.89. The molecule has 0 unspecified atom stereocenters. The number of carbonyl (C=O) groups excluding carboxylic acids is 2. The fourth-order valence-electron chi connectivity index (χ4n) is 1.97. The van der Waals surface area contributed by atoms with Gasteiger partial charge in [0.25, 0.3) is 0 Å². The molecule has 0 aliphatic carbocycles. The lowest BCUT2D eigenvalue weighted by atomic mass is 10.1. The number of hydrogen-bond acceptors (Lipinski definition) is 4. The van der Waals surface area contributed by atoms with E-state index in [0.29, 0.717) is 6.61 Å². The summed E-state index contributed by atoms with van der Waals surface area (Å²) >= 11 is 2.20. The average molecular weight is 424 g/mol. The molecule has 4 nitrogen and oxygen atoms in total. The summed E-state index contributed by atoms with van der Waals surface area (Å²) in [7, 11) is 0. The maximum Gasteiger partial charge on any atom is 0.339 e. The molecule has 2 rings (SSSR count). The van der Waals surface area contributed by atoms with Crippen molar-refractivity contribution in [1.29, 1.82) is 0 Å². The third-order valence-electron chi connectivity index (χ3n) is 3.06. The van der Waals surface area contributed by atoms with Crippen molar-refractivity contribution in [2.24, 2.45) is 0 Å². The Labute approximate surface area is 148 Å². The van der Waals surface area contributed by atoms with Crippen LogP contribution in [0.15, 0.2) is 48.5 Å². The van der Waals surface area contributed by atoms with E-state index in [4.69, 9.17) is 9.47 Å². The second-order valence-corrected chi connectivity index (χ2v) is 6.13. The fourth-order valence-corrected chi connectivity index (χ4v) is 2.57. The van der Waals surface area contributed by atoms with Crippen molar-refractivity contribution in [3.63, 3.8) is 0 Å². The van der Waals surface area contributed by atoms with Crippen LogP contribution in [0.2, 0.25) is 0 Å². The molecule has 2 aromatic carbocycles. The number of esters is 2. The van der Waals surface area contributed by atoms with Crippen molar-refractivity contribution in [3.05, 3.63) is 68.8 Å². The Bertz CT molecular complexity index is 697. The summed E-state index contributed by atoms with van der Waals surface area (Å²) in [5, 5.41) is 0. The first-order valence-electron chi connectivity index (χ1n) is 7.29. The first-order valence-corrected chi connectivity index (χ1v) is 8.37. The Morgan fingerprint density at radius 1 is 0.957 bits per heavy atom. The monoisotopic (exact) mass is 424 g/mol. The van der Waals surface area contributed by atoms with E-state index in [1.54, 1.807) is 24.3 Å². The lowest BCUT2D eigenvalue weighted by molar-refractivity contribution is 0.0439. The highest BCUT2D eigenvalue weighted by molar-refractivity contribution is 14.1. The summed E-state index contributed by atoms with van der Waals surface area (Å²) in [6.07, 6.45) is 0.727. The first-order chi connectivity index (χ1) is 11.1. The lowest BCUT2D eigenvalue weighted by Gasteiger charge is -2.09.